The Morgan fingerprint density at radius 3 is 2.30 bits per heavy atom. The second-order valence-electron chi connectivity index (χ2n) is 13.7. The van der Waals surface area contributed by atoms with Gasteiger partial charge >= 0.3 is 6.09 Å². The fraction of sp³-hybridized carbons (Fsp3) is 0.966. The molecule has 37 heavy (non-hydrogen) atoms. The van der Waals surface area contributed by atoms with Crippen molar-refractivity contribution in [3.63, 3.8) is 0 Å². The summed E-state index contributed by atoms with van der Waals surface area (Å²) in [6, 6.07) is 0. The van der Waals surface area contributed by atoms with Gasteiger partial charge in [-0.3, -0.25) is 0 Å². The number of sulfonamides is 1. The van der Waals surface area contributed by atoms with E-state index in [4.69, 9.17) is 4.74 Å². The molecule has 4 fully saturated rings. The van der Waals surface area contributed by atoms with Gasteiger partial charge in [0.2, 0.25) is 10.0 Å². The predicted octanol–water partition coefficient (Wildman–Crippen LogP) is 5.10. The lowest BCUT2D eigenvalue weighted by Crippen LogP contribution is -2.62. The summed E-state index contributed by atoms with van der Waals surface area (Å²) in [5, 5.41) is 21.6. The summed E-state index contributed by atoms with van der Waals surface area (Å²) < 4.78 is 31.1. The normalized spacial score (nSPS) is 44.5. The van der Waals surface area contributed by atoms with E-state index in [0.29, 0.717) is 41.9 Å². The van der Waals surface area contributed by atoms with Crippen molar-refractivity contribution in [1.82, 2.24) is 4.72 Å². The monoisotopic (exact) mass is 541 g/mol. The summed E-state index contributed by atoms with van der Waals surface area (Å²) >= 11 is 0. The molecule has 0 saturated heterocycles. The van der Waals surface area contributed by atoms with Crippen LogP contribution in [-0.2, 0) is 14.8 Å². The molecule has 8 heteroatoms. The van der Waals surface area contributed by atoms with Gasteiger partial charge in [-0.15, -0.1) is 0 Å². The molecule has 0 heterocycles. The first-order valence-corrected chi connectivity index (χ1v) is 16.3. The Morgan fingerprint density at radius 1 is 1.00 bits per heavy atom. The van der Waals surface area contributed by atoms with E-state index in [9.17, 15) is 23.4 Å². The molecule has 4 saturated carbocycles. The van der Waals surface area contributed by atoms with Crippen molar-refractivity contribution in [3.05, 3.63) is 0 Å². The molecule has 0 aromatic heterocycles. The van der Waals surface area contributed by atoms with Crippen LogP contribution in [0.25, 0.3) is 0 Å². The Bertz CT molecular complexity index is 939. The van der Waals surface area contributed by atoms with Crippen LogP contribution >= 0.6 is 0 Å². The van der Waals surface area contributed by atoms with E-state index in [1.165, 1.54) is 13.8 Å². The molecule has 0 radical (unpaired) electrons. The Labute approximate surface area is 224 Å². The van der Waals surface area contributed by atoms with Crippen LogP contribution in [0, 0.1) is 52.3 Å². The lowest BCUT2D eigenvalue weighted by Gasteiger charge is -2.64. The topological polar surface area (TPSA) is 113 Å². The zero-order valence-corrected chi connectivity index (χ0v) is 24.6. The lowest BCUT2D eigenvalue weighted by molar-refractivity contribution is -0.203. The highest BCUT2D eigenvalue weighted by Crippen LogP contribution is 2.69. The SMILES string of the molecule is CC[C@H]1[C@@H](O)[C@@H]2[C@H](CC[C@]3(C)[C@@H]([C@H](C)CCOC(=O)NS(=O)(=O)C(C)C)CC[C@@H]23)[C@@]2(C)CC[C@@H](O)C[C@@H]12. The molecular weight excluding hydrogens is 490 g/mol. The third kappa shape index (κ3) is 5.08. The van der Waals surface area contributed by atoms with E-state index in [1.807, 2.05) is 4.72 Å². The maximum Gasteiger partial charge on any atom is 0.420 e. The van der Waals surface area contributed by atoms with Crippen molar-refractivity contribution >= 4 is 16.1 Å². The van der Waals surface area contributed by atoms with Crippen molar-refractivity contribution in [2.75, 3.05) is 6.61 Å². The molecule has 0 bridgehead atoms. The molecule has 0 aromatic carbocycles. The second kappa shape index (κ2) is 10.6. The maximum atomic E-state index is 12.0. The summed E-state index contributed by atoms with van der Waals surface area (Å²) in [5.74, 6) is 2.83. The van der Waals surface area contributed by atoms with Gasteiger partial charge in [0.1, 0.15) is 0 Å². The molecule has 7 nitrogen and oxygen atoms in total. The van der Waals surface area contributed by atoms with E-state index in [0.717, 1.165) is 51.4 Å². The molecular formula is C29H51NO6S. The number of rotatable bonds is 7. The minimum Gasteiger partial charge on any atom is -0.449 e. The first-order chi connectivity index (χ1) is 17.3. The minimum atomic E-state index is -3.69. The van der Waals surface area contributed by atoms with Crippen molar-refractivity contribution in [2.45, 2.75) is 117 Å². The van der Waals surface area contributed by atoms with Crippen LogP contribution in [0.3, 0.4) is 0 Å². The van der Waals surface area contributed by atoms with Gasteiger partial charge in [0, 0.05) is 0 Å². The minimum absolute atomic E-state index is 0.153. The van der Waals surface area contributed by atoms with Crippen LogP contribution in [0.4, 0.5) is 4.79 Å². The number of hydrogen-bond donors (Lipinski definition) is 3. The number of carbonyl (C=O) groups is 1. The fourth-order valence-corrected chi connectivity index (χ4v) is 10.3. The predicted molar refractivity (Wildman–Crippen MR) is 144 cm³/mol. The average Bonchev–Trinajstić information content (AvgIpc) is 3.17. The average molecular weight is 542 g/mol. The van der Waals surface area contributed by atoms with Gasteiger partial charge in [0.25, 0.3) is 0 Å². The van der Waals surface area contributed by atoms with Crippen LogP contribution in [0.2, 0.25) is 0 Å². The number of aliphatic hydroxyl groups is 2. The van der Waals surface area contributed by atoms with E-state index >= 15 is 0 Å². The molecule has 4 rings (SSSR count). The Morgan fingerprint density at radius 2 is 1.65 bits per heavy atom. The maximum absolute atomic E-state index is 12.0. The zero-order valence-electron chi connectivity index (χ0n) is 23.8. The van der Waals surface area contributed by atoms with E-state index < -0.39 is 21.4 Å². The summed E-state index contributed by atoms with van der Waals surface area (Å²) in [6.07, 6.45) is 7.61. The molecule has 0 aliphatic heterocycles. The highest BCUT2D eigenvalue weighted by atomic mass is 32.2. The molecule has 4 aliphatic rings. The molecule has 0 unspecified atom stereocenters. The number of ether oxygens (including phenoxy) is 1. The molecule has 1 amide bonds. The van der Waals surface area contributed by atoms with Crippen molar-refractivity contribution in [1.29, 1.82) is 0 Å². The van der Waals surface area contributed by atoms with Gasteiger partial charge in [0.05, 0.1) is 24.1 Å². The standard InChI is InChI=1S/C29H51NO6S/c1-7-20-24-16-19(31)10-13-29(24,6)23-11-14-28(5)21(8-9-22(28)25(23)26(20)32)18(4)12-15-36-27(33)30-37(34,35)17(2)3/h17-26,31-32H,7-16H2,1-6H3,(H,30,33)/t18-,19-,20-,21-,22+,23+,24+,25+,26-,28-,29-/m1/s1. The molecule has 3 N–H and O–H groups in total. The van der Waals surface area contributed by atoms with Gasteiger partial charge in [-0.05, 0) is 117 Å². The lowest BCUT2D eigenvalue weighted by atomic mass is 9.41. The summed E-state index contributed by atoms with van der Waals surface area (Å²) in [4.78, 5) is 12.0. The number of hydrogen-bond acceptors (Lipinski definition) is 6. The number of carbonyl (C=O) groups excluding carboxylic acids is 1. The number of nitrogens with one attached hydrogen (secondary N) is 1. The second-order valence-corrected chi connectivity index (χ2v) is 16.0. The van der Waals surface area contributed by atoms with Gasteiger partial charge in [0.15, 0.2) is 0 Å². The van der Waals surface area contributed by atoms with Gasteiger partial charge in [-0.1, -0.05) is 34.1 Å². The summed E-state index contributed by atoms with van der Waals surface area (Å²) in [5.41, 5.74) is 0.354. The molecule has 0 aromatic rings. The van der Waals surface area contributed by atoms with Crippen molar-refractivity contribution < 1.29 is 28.2 Å². The van der Waals surface area contributed by atoms with Gasteiger partial charge in [-0.2, -0.15) is 0 Å². The molecule has 214 valence electrons. The van der Waals surface area contributed by atoms with E-state index in [-0.39, 0.29) is 35.6 Å². The first kappa shape index (κ1) is 29.1. The number of fused-ring (bicyclic) bond motifs is 5. The fourth-order valence-electron chi connectivity index (χ4n) is 9.73. The highest BCUT2D eigenvalue weighted by Gasteiger charge is 2.64. The third-order valence-electron chi connectivity index (χ3n) is 11.8. The van der Waals surface area contributed by atoms with Crippen LogP contribution in [0.1, 0.15) is 99.3 Å². The summed E-state index contributed by atoms with van der Waals surface area (Å²) in [7, 11) is -3.69. The Hall–Kier alpha value is -0.860. The zero-order chi connectivity index (χ0) is 27.3. The Kier molecular flexibility index (Phi) is 8.35. The van der Waals surface area contributed by atoms with Crippen LogP contribution in [0.15, 0.2) is 0 Å². The van der Waals surface area contributed by atoms with Crippen LogP contribution in [-0.4, -0.2) is 48.8 Å². The van der Waals surface area contributed by atoms with Crippen molar-refractivity contribution in [2.24, 2.45) is 52.3 Å². The van der Waals surface area contributed by atoms with Gasteiger partial charge in [-0.25, -0.2) is 17.9 Å². The van der Waals surface area contributed by atoms with E-state index in [2.05, 4.69) is 27.7 Å². The highest BCUT2D eigenvalue weighted by molar-refractivity contribution is 7.90. The quantitative estimate of drug-likeness (QED) is 0.413. The third-order valence-corrected chi connectivity index (χ3v) is 13.5. The number of aliphatic hydroxyl groups excluding tert-OH is 2. The summed E-state index contributed by atoms with van der Waals surface area (Å²) in [6.45, 7) is 12.6. The van der Waals surface area contributed by atoms with Crippen LogP contribution in [0.5, 0.6) is 0 Å². The van der Waals surface area contributed by atoms with Crippen LogP contribution < -0.4 is 4.72 Å². The molecule has 11 atom stereocenters. The van der Waals surface area contributed by atoms with Gasteiger partial charge < -0.3 is 14.9 Å². The van der Waals surface area contributed by atoms with E-state index in [1.54, 1.807) is 0 Å². The molecule has 4 aliphatic carbocycles. The smallest absolute Gasteiger partial charge is 0.420 e. The first-order valence-electron chi connectivity index (χ1n) is 14.8. The number of amides is 1. The largest absolute Gasteiger partial charge is 0.449 e. The Balaban J connectivity index is 1.44. The van der Waals surface area contributed by atoms with Crippen molar-refractivity contribution in [3.8, 4) is 0 Å². The molecule has 0 spiro atoms.